The second kappa shape index (κ2) is 7.29. The van der Waals surface area contributed by atoms with Crippen LogP contribution in [0.5, 0.6) is 0 Å². The summed E-state index contributed by atoms with van der Waals surface area (Å²) in [6.07, 6.45) is 1.72. The molecule has 0 radical (unpaired) electrons. The fourth-order valence-electron chi connectivity index (χ4n) is 2.60. The average molecular weight is 378 g/mol. The number of aromatic nitrogens is 4. The Balaban J connectivity index is 1.76. The van der Waals surface area contributed by atoms with E-state index in [-0.39, 0.29) is 11.9 Å². The van der Waals surface area contributed by atoms with Crippen LogP contribution in [0.15, 0.2) is 36.5 Å². The fraction of sp³-hybridized carbons (Fsp3) is 0.235. The van der Waals surface area contributed by atoms with E-state index in [0.717, 1.165) is 12.2 Å². The molecule has 0 saturated carbocycles. The maximum atomic E-state index is 12.5. The monoisotopic (exact) mass is 377 g/mol. The highest BCUT2D eigenvalue weighted by Crippen LogP contribution is 2.29. The number of H-pyrrole nitrogens is 1. The molecule has 1 unspecified atom stereocenters. The lowest BCUT2D eigenvalue weighted by Crippen LogP contribution is -2.28. The molecule has 8 heteroatoms. The highest BCUT2D eigenvalue weighted by molar-refractivity contribution is 6.36. The Morgan fingerprint density at radius 2 is 2.12 bits per heavy atom. The number of hydrogen-bond donors (Lipinski definition) is 2. The SMILES string of the molecule is CCn1nccc1C(C)NC(=O)c1cc(-c2ccc(Cl)cc2Cl)n[nH]1. The minimum atomic E-state index is -0.250. The average Bonchev–Trinajstić information content (AvgIpc) is 3.24. The molecule has 0 aliphatic rings. The predicted octanol–water partition coefficient (Wildman–Crippen LogP) is 4.09. The molecule has 3 aromatic rings. The number of aromatic amines is 1. The molecule has 3 rings (SSSR count). The molecule has 1 aromatic carbocycles. The van der Waals surface area contributed by atoms with Gasteiger partial charge in [-0.25, -0.2) is 0 Å². The fourth-order valence-corrected chi connectivity index (χ4v) is 3.10. The number of carbonyl (C=O) groups is 1. The molecule has 25 heavy (non-hydrogen) atoms. The first-order valence-corrected chi connectivity index (χ1v) is 8.58. The number of hydrogen-bond acceptors (Lipinski definition) is 3. The molecule has 0 aliphatic heterocycles. The summed E-state index contributed by atoms with van der Waals surface area (Å²) in [7, 11) is 0. The van der Waals surface area contributed by atoms with Gasteiger partial charge in [-0.15, -0.1) is 0 Å². The highest BCUT2D eigenvalue weighted by atomic mass is 35.5. The van der Waals surface area contributed by atoms with E-state index in [0.29, 0.717) is 27.0 Å². The van der Waals surface area contributed by atoms with Crippen LogP contribution in [-0.2, 0) is 6.54 Å². The third kappa shape index (κ3) is 3.70. The van der Waals surface area contributed by atoms with Crippen molar-refractivity contribution in [3.8, 4) is 11.3 Å². The van der Waals surface area contributed by atoms with Gasteiger partial charge in [-0.05, 0) is 44.2 Å². The van der Waals surface area contributed by atoms with Gasteiger partial charge in [-0.2, -0.15) is 10.2 Å². The van der Waals surface area contributed by atoms with Gasteiger partial charge in [0.15, 0.2) is 0 Å². The lowest BCUT2D eigenvalue weighted by atomic mass is 10.1. The van der Waals surface area contributed by atoms with Gasteiger partial charge < -0.3 is 5.32 Å². The number of carbonyl (C=O) groups excluding carboxylic acids is 1. The molecule has 1 amide bonds. The molecular weight excluding hydrogens is 361 g/mol. The van der Waals surface area contributed by atoms with Crippen LogP contribution in [0.25, 0.3) is 11.3 Å². The number of nitrogens with one attached hydrogen (secondary N) is 2. The van der Waals surface area contributed by atoms with E-state index in [4.69, 9.17) is 23.2 Å². The summed E-state index contributed by atoms with van der Waals surface area (Å²) >= 11 is 12.1. The van der Waals surface area contributed by atoms with E-state index in [1.165, 1.54) is 0 Å². The van der Waals surface area contributed by atoms with E-state index < -0.39 is 0 Å². The van der Waals surface area contributed by atoms with Crippen LogP contribution in [0.4, 0.5) is 0 Å². The van der Waals surface area contributed by atoms with Crippen molar-refractivity contribution in [1.82, 2.24) is 25.3 Å². The van der Waals surface area contributed by atoms with Crippen LogP contribution in [0.2, 0.25) is 10.0 Å². The van der Waals surface area contributed by atoms with Gasteiger partial charge in [0.25, 0.3) is 5.91 Å². The molecule has 2 N–H and O–H groups in total. The third-order valence-corrected chi connectivity index (χ3v) is 4.42. The van der Waals surface area contributed by atoms with Gasteiger partial charge in [0, 0.05) is 23.3 Å². The molecule has 0 saturated heterocycles. The van der Waals surface area contributed by atoms with Crippen molar-refractivity contribution in [2.45, 2.75) is 26.4 Å². The lowest BCUT2D eigenvalue weighted by Gasteiger charge is -2.14. The van der Waals surface area contributed by atoms with Crippen LogP contribution in [0.1, 0.15) is 36.1 Å². The normalized spacial score (nSPS) is 12.2. The zero-order chi connectivity index (χ0) is 18.0. The summed E-state index contributed by atoms with van der Waals surface area (Å²) in [6.45, 7) is 4.66. The lowest BCUT2D eigenvalue weighted by molar-refractivity contribution is 0.0933. The molecule has 0 bridgehead atoms. The van der Waals surface area contributed by atoms with E-state index in [9.17, 15) is 4.79 Å². The first kappa shape index (κ1) is 17.5. The van der Waals surface area contributed by atoms with Crippen LogP contribution < -0.4 is 5.32 Å². The third-order valence-electron chi connectivity index (χ3n) is 3.87. The van der Waals surface area contributed by atoms with Crippen LogP contribution >= 0.6 is 23.2 Å². The van der Waals surface area contributed by atoms with Gasteiger partial charge in [-0.1, -0.05) is 23.2 Å². The number of amides is 1. The minimum absolute atomic E-state index is 0.180. The smallest absolute Gasteiger partial charge is 0.269 e. The Morgan fingerprint density at radius 3 is 2.84 bits per heavy atom. The van der Waals surface area contributed by atoms with E-state index in [1.807, 2.05) is 24.6 Å². The zero-order valence-electron chi connectivity index (χ0n) is 13.8. The van der Waals surface area contributed by atoms with Crippen molar-refractivity contribution in [3.63, 3.8) is 0 Å². The number of rotatable bonds is 5. The largest absolute Gasteiger partial charge is 0.343 e. The Bertz CT molecular complexity index is 902. The van der Waals surface area contributed by atoms with Gasteiger partial charge in [0.2, 0.25) is 0 Å². The molecule has 1 atom stereocenters. The van der Waals surface area contributed by atoms with Crippen molar-refractivity contribution >= 4 is 29.1 Å². The number of benzene rings is 1. The summed E-state index contributed by atoms with van der Waals surface area (Å²) in [5.41, 5.74) is 2.59. The van der Waals surface area contributed by atoms with Crippen LogP contribution in [0.3, 0.4) is 0 Å². The van der Waals surface area contributed by atoms with E-state index in [1.54, 1.807) is 30.5 Å². The van der Waals surface area contributed by atoms with E-state index >= 15 is 0 Å². The summed E-state index contributed by atoms with van der Waals surface area (Å²) in [4.78, 5) is 12.5. The van der Waals surface area contributed by atoms with Gasteiger partial charge in [-0.3, -0.25) is 14.6 Å². The van der Waals surface area contributed by atoms with Crippen LogP contribution in [0, 0.1) is 0 Å². The quantitative estimate of drug-likeness (QED) is 0.702. The predicted molar refractivity (Wildman–Crippen MR) is 97.8 cm³/mol. The van der Waals surface area contributed by atoms with Gasteiger partial charge in [0.05, 0.1) is 22.5 Å². The molecule has 0 aliphatic carbocycles. The zero-order valence-corrected chi connectivity index (χ0v) is 15.3. The Labute approximate surface area is 155 Å². The van der Waals surface area contributed by atoms with E-state index in [2.05, 4.69) is 20.6 Å². The number of halogens is 2. The second-order valence-electron chi connectivity index (χ2n) is 5.56. The summed E-state index contributed by atoms with van der Waals surface area (Å²) in [5, 5.41) is 15.1. The maximum absolute atomic E-state index is 12.5. The topological polar surface area (TPSA) is 75.6 Å². The molecule has 0 fully saturated rings. The number of aryl methyl sites for hydroxylation is 1. The molecule has 0 spiro atoms. The summed E-state index contributed by atoms with van der Waals surface area (Å²) in [5.74, 6) is -0.250. The first-order valence-electron chi connectivity index (χ1n) is 7.83. The standard InChI is InChI=1S/C17H17Cl2N5O/c1-3-24-16(6-7-20-24)10(2)21-17(25)15-9-14(22-23-15)12-5-4-11(18)8-13(12)19/h4-10H,3H2,1-2H3,(H,21,25)(H,22,23). The molecule has 6 nitrogen and oxygen atoms in total. The second-order valence-corrected chi connectivity index (χ2v) is 6.40. The molecule has 130 valence electrons. The Hall–Kier alpha value is -2.31. The van der Waals surface area contributed by atoms with Crippen LogP contribution in [-0.4, -0.2) is 25.9 Å². The van der Waals surface area contributed by atoms with Gasteiger partial charge in [0.1, 0.15) is 5.69 Å². The summed E-state index contributed by atoms with van der Waals surface area (Å²) in [6, 6.07) is 8.51. The highest BCUT2D eigenvalue weighted by Gasteiger charge is 2.17. The number of nitrogens with zero attached hydrogens (tertiary/aromatic N) is 3. The van der Waals surface area contributed by atoms with Crippen molar-refractivity contribution in [2.75, 3.05) is 0 Å². The molecule has 2 aromatic heterocycles. The van der Waals surface area contributed by atoms with Gasteiger partial charge >= 0.3 is 0 Å². The van der Waals surface area contributed by atoms with Crippen molar-refractivity contribution in [2.24, 2.45) is 0 Å². The Kier molecular flexibility index (Phi) is 5.11. The summed E-state index contributed by atoms with van der Waals surface area (Å²) < 4.78 is 1.84. The van der Waals surface area contributed by atoms with Crippen molar-refractivity contribution in [1.29, 1.82) is 0 Å². The maximum Gasteiger partial charge on any atom is 0.269 e. The first-order chi connectivity index (χ1) is 12.0. The molecule has 2 heterocycles. The molecular formula is C17H17Cl2N5O. The Morgan fingerprint density at radius 1 is 1.32 bits per heavy atom. The minimum Gasteiger partial charge on any atom is -0.343 e. The van der Waals surface area contributed by atoms with Crippen molar-refractivity contribution < 1.29 is 4.79 Å². The van der Waals surface area contributed by atoms with Crippen molar-refractivity contribution in [3.05, 3.63) is 58.0 Å².